The minimum atomic E-state index is -1.17. The number of hydrogen-bond donors (Lipinski definition) is 4. The van der Waals surface area contributed by atoms with Gasteiger partial charge in [-0.15, -0.1) is 0 Å². The zero-order valence-electron chi connectivity index (χ0n) is 26.1. The van der Waals surface area contributed by atoms with Crippen molar-refractivity contribution in [1.82, 2.24) is 16.1 Å². The van der Waals surface area contributed by atoms with E-state index >= 15 is 0 Å². The van der Waals surface area contributed by atoms with Crippen molar-refractivity contribution in [2.24, 2.45) is 5.10 Å². The highest BCUT2D eigenvalue weighted by Gasteiger charge is 2.32. The van der Waals surface area contributed by atoms with E-state index in [4.69, 9.17) is 30.5 Å². The standard InChI is InChI=1S/C35H35ClN4O7/c1-4-45-30-17-24(33-32(34(42)44-3)21(2)38-35(43)39-33)13-15-29(30)47-20-31(41)40-37-18-27-26-11-6-5-9-23(26)12-14-28(27)46-19-22-8-7-10-25(36)16-22/h5-18,31,33,40-41H,4,19-20H2,1-3H3,(H2,38,39,43)/b37-18+/t31-,33-/m0/s1. The van der Waals surface area contributed by atoms with Crippen molar-refractivity contribution in [3.63, 3.8) is 0 Å². The first-order chi connectivity index (χ1) is 22.8. The Balaban J connectivity index is 1.28. The van der Waals surface area contributed by atoms with Gasteiger partial charge in [0.25, 0.3) is 0 Å². The van der Waals surface area contributed by atoms with Crippen LogP contribution in [-0.4, -0.2) is 49.9 Å². The van der Waals surface area contributed by atoms with E-state index in [2.05, 4.69) is 21.2 Å². The van der Waals surface area contributed by atoms with Crippen LogP contribution in [0.5, 0.6) is 17.2 Å². The molecule has 2 amide bonds. The van der Waals surface area contributed by atoms with Gasteiger partial charge in [-0.2, -0.15) is 5.10 Å². The Morgan fingerprint density at radius 1 is 1.02 bits per heavy atom. The second kappa shape index (κ2) is 15.4. The molecule has 1 heterocycles. The van der Waals surface area contributed by atoms with Crippen molar-refractivity contribution in [2.45, 2.75) is 32.7 Å². The summed E-state index contributed by atoms with van der Waals surface area (Å²) in [5.41, 5.74) is 5.60. The number of hydrazone groups is 1. The Hall–Kier alpha value is -5.26. The number of hydrogen-bond acceptors (Lipinski definition) is 9. The lowest BCUT2D eigenvalue weighted by Crippen LogP contribution is -2.45. The van der Waals surface area contributed by atoms with E-state index < -0.39 is 24.3 Å². The Morgan fingerprint density at radius 2 is 1.83 bits per heavy atom. The number of allylic oxidation sites excluding steroid dienone is 1. The molecule has 2 atom stereocenters. The number of amides is 2. The largest absolute Gasteiger partial charge is 0.490 e. The number of halogens is 1. The zero-order chi connectivity index (χ0) is 33.3. The van der Waals surface area contributed by atoms with Crippen LogP contribution in [0.25, 0.3) is 10.8 Å². The SMILES string of the molecule is CCOc1cc([C@@H]2NC(=O)NC(C)=C2C(=O)OC)ccc1OC[C@H](O)N/N=C/c1c(OCc2cccc(Cl)c2)ccc2ccccc12. The highest BCUT2D eigenvalue weighted by atomic mass is 35.5. The van der Waals surface area contributed by atoms with Gasteiger partial charge in [-0.3, -0.25) is 5.43 Å². The summed E-state index contributed by atoms with van der Waals surface area (Å²) in [7, 11) is 1.28. The smallest absolute Gasteiger partial charge is 0.337 e. The number of fused-ring (bicyclic) bond motifs is 1. The van der Waals surface area contributed by atoms with Crippen LogP contribution < -0.4 is 30.3 Å². The maximum Gasteiger partial charge on any atom is 0.337 e. The van der Waals surface area contributed by atoms with Gasteiger partial charge in [-0.1, -0.05) is 60.1 Å². The second-order valence-electron chi connectivity index (χ2n) is 10.5. The molecule has 244 valence electrons. The first-order valence-electron chi connectivity index (χ1n) is 14.9. The normalized spacial score (nSPS) is 15.2. The van der Waals surface area contributed by atoms with E-state index in [-0.39, 0.29) is 12.2 Å². The summed E-state index contributed by atoms with van der Waals surface area (Å²) >= 11 is 6.13. The van der Waals surface area contributed by atoms with Crippen LogP contribution in [-0.2, 0) is 16.1 Å². The maximum absolute atomic E-state index is 12.5. The van der Waals surface area contributed by atoms with Crippen LogP contribution in [0.1, 0.15) is 36.6 Å². The van der Waals surface area contributed by atoms with Crippen molar-refractivity contribution in [1.29, 1.82) is 0 Å². The monoisotopic (exact) mass is 658 g/mol. The van der Waals surface area contributed by atoms with Crippen molar-refractivity contribution < 1.29 is 33.6 Å². The summed E-state index contributed by atoms with van der Waals surface area (Å²) in [6.07, 6.45) is 0.424. The highest BCUT2D eigenvalue weighted by molar-refractivity contribution is 6.30. The number of benzene rings is 4. The molecule has 47 heavy (non-hydrogen) atoms. The van der Waals surface area contributed by atoms with Gasteiger partial charge >= 0.3 is 12.0 Å². The van der Waals surface area contributed by atoms with Gasteiger partial charge in [0.05, 0.1) is 31.5 Å². The number of esters is 1. The lowest BCUT2D eigenvalue weighted by molar-refractivity contribution is -0.136. The van der Waals surface area contributed by atoms with Crippen LogP contribution in [0.2, 0.25) is 5.02 Å². The van der Waals surface area contributed by atoms with Gasteiger partial charge < -0.3 is 34.7 Å². The second-order valence-corrected chi connectivity index (χ2v) is 11.0. The van der Waals surface area contributed by atoms with Crippen LogP contribution in [0.4, 0.5) is 4.79 Å². The number of urea groups is 1. The van der Waals surface area contributed by atoms with E-state index in [1.165, 1.54) is 7.11 Å². The Kier molecular flexibility index (Phi) is 10.8. The molecule has 0 spiro atoms. The fourth-order valence-corrected chi connectivity index (χ4v) is 5.35. The number of aliphatic hydroxyl groups excluding tert-OH is 1. The van der Waals surface area contributed by atoms with Crippen molar-refractivity contribution in [2.75, 3.05) is 20.3 Å². The van der Waals surface area contributed by atoms with Gasteiger partial charge in [-0.05, 0) is 66.1 Å². The predicted octanol–water partition coefficient (Wildman–Crippen LogP) is 5.59. The average molecular weight is 659 g/mol. The Bertz CT molecular complexity index is 1830. The van der Waals surface area contributed by atoms with Crippen LogP contribution >= 0.6 is 11.6 Å². The molecule has 0 fully saturated rings. The van der Waals surface area contributed by atoms with Gasteiger partial charge in [0.2, 0.25) is 0 Å². The summed E-state index contributed by atoms with van der Waals surface area (Å²) < 4.78 is 22.7. The van der Waals surface area contributed by atoms with E-state index in [9.17, 15) is 14.7 Å². The molecular formula is C35H35ClN4O7. The molecule has 0 saturated heterocycles. The van der Waals surface area contributed by atoms with Crippen molar-refractivity contribution in [3.05, 3.63) is 112 Å². The van der Waals surface area contributed by atoms with Gasteiger partial charge in [-0.25, -0.2) is 9.59 Å². The van der Waals surface area contributed by atoms with Crippen molar-refractivity contribution >= 4 is 40.6 Å². The quantitative estimate of drug-likeness (QED) is 0.0631. The number of rotatable bonds is 13. The van der Waals surface area contributed by atoms with Gasteiger partial charge in [0.1, 0.15) is 19.0 Å². The number of ether oxygens (including phenoxy) is 4. The van der Waals surface area contributed by atoms with E-state index in [0.717, 1.165) is 21.9 Å². The summed E-state index contributed by atoms with van der Waals surface area (Å²) in [6, 6.07) is 23.0. The number of aliphatic hydroxyl groups is 1. The van der Waals surface area contributed by atoms with E-state index in [1.54, 1.807) is 31.3 Å². The average Bonchev–Trinajstić information content (AvgIpc) is 3.06. The minimum Gasteiger partial charge on any atom is -0.490 e. The molecule has 0 saturated carbocycles. The molecular weight excluding hydrogens is 624 g/mol. The number of carbonyl (C=O) groups is 2. The molecule has 0 aliphatic carbocycles. The fraction of sp³-hybridized carbons (Fsp3) is 0.229. The molecule has 5 rings (SSSR count). The predicted molar refractivity (Wildman–Crippen MR) is 179 cm³/mol. The molecule has 0 unspecified atom stereocenters. The number of methoxy groups -OCH3 is 1. The van der Waals surface area contributed by atoms with E-state index in [1.807, 2.05) is 67.6 Å². The van der Waals surface area contributed by atoms with Crippen LogP contribution in [0.15, 0.2) is 95.2 Å². The summed E-state index contributed by atoms with van der Waals surface area (Å²) in [4.78, 5) is 24.7. The maximum atomic E-state index is 12.5. The summed E-state index contributed by atoms with van der Waals surface area (Å²) in [6.45, 7) is 3.92. The first kappa shape index (κ1) is 33.1. The Morgan fingerprint density at radius 3 is 2.62 bits per heavy atom. The molecule has 1 aliphatic heterocycles. The van der Waals surface area contributed by atoms with Gasteiger partial charge in [0, 0.05) is 16.3 Å². The molecule has 4 aromatic carbocycles. The lowest BCUT2D eigenvalue weighted by Gasteiger charge is -2.28. The third kappa shape index (κ3) is 8.13. The van der Waals surface area contributed by atoms with Gasteiger partial charge in [0.15, 0.2) is 17.7 Å². The molecule has 12 heteroatoms. The Labute approximate surface area is 277 Å². The lowest BCUT2D eigenvalue weighted by atomic mass is 9.95. The van der Waals surface area contributed by atoms with Crippen LogP contribution in [0, 0.1) is 0 Å². The molecule has 0 aromatic heterocycles. The molecule has 0 bridgehead atoms. The first-order valence-corrected chi connectivity index (χ1v) is 15.3. The molecule has 11 nitrogen and oxygen atoms in total. The third-order valence-corrected chi connectivity index (χ3v) is 7.54. The third-order valence-electron chi connectivity index (χ3n) is 7.30. The minimum absolute atomic E-state index is 0.166. The summed E-state index contributed by atoms with van der Waals surface area (Å²) in [5, 5.41) is 22.9. The fourth-order valence-electron chi connectivity index (χ4n) is 5.13. The molecule has 1 aliphatic rings. The van der Waals surface area contributed by atoms with Crippen LogP contribution in [0.3, 0.4) is 0 Å². The number of carbonyl (C=O) groups excluding carboxylic acids is 2. The molecule has 4 N–H and O–H groups in total. The summed E-state index contributed by atoms with van der Waals surface area (Å²) in [5.74, 6) is 0.766. The zero-order valence-corrected chi connectivity index (χ0v) is 26.8. The van der Waals surface area contributed by atoms with E-state index in [0.29, 0.717) is 46.7 Å². The number of nitrogens with one attached hydrogen (secondary N) is 3. The highest BCUT2D eigenvalue weighted by Crippen LogP contribution is 2.35. The number of nitrogens with zero attached hydrogens (tertiary/aromatic N) is 1. The topological polar surface area (TPSA) is 140 Å². The van der Waals surface area contributed by atoms with Crippen molar-refractivity contribution in [3.8, 4) is 17.2 Å². The molecule has 0 radical (unpaired) electrons. The molecule has 4 aromatic rings.